The number of likely N-dealkylation sites (N-methyl/N-ethyl adjacent to an activating group) is 1. The molecule has 5 heteroatoms. The van der Waals surface area contributed by atoms with Gasteiger partial charge in [-0.2, -0.15) is 0 Å². The predicted octanol–water partition coefficient (Wildman–Crippen LogP) is 0.0652. The average Bonchev–Trinajstić information content (AvgIpc) is 2.37. The number of nitrogens with zero attached hydrogens (tertiary/aromatic N) is 2. The number of nitrogens with one attached hydrogen (secondary N) is 1. The van der Waals surface area contributed by atoms with E-state index in [0.29, 0.717) is 13.1 Å². The van der Waals surface area contributed by atoms with Gasteiger partial charge in [-0.05, 0) is 13.3 Å². The van der Waals surface area contributed by atoms with Crippen molar-refractivity contribution in [3.63, 3.8) is 0 Å². The Morgan fingerprint density at radius 1 is 1.35 bits per heavy atom. The van der Waals surface area contributed by atoms with Gasteiger partial charge in [-0.15, -0.1) is 0 Å². The Balaban J connectivity index is 2.52. The second-order valence-corrected chi connectivity index (χ2v) is 4.60. The lowest BCUT2D eigenvalue weighted by Crippen LogP contribution is -2.52. The van der Waals surface area contributed by atoms with Gasteiger partial charge in [0, 0.05) is 39.3 Å². The second kappa shape index (κ2) is 6.59. The highest BCUT2D eigenvalue weighted by Crippen LogP contribution is 2.06. The first-order chi connectivity index (χ1) is 8.07. The summed E-state index contributed by atoms with van der Waals surface area (Å²) >= 11 is 0. The van der Waals surface area contributed by atoms with Crippen molar-refractivity contribution in [1.82, 2.24) is 15.1 Å². The maximum Gasteiger partial charge on any atom is 0.312 e. The molecule has 1 rings (SSSR count). The molecule has 1 fully saturated rings. The molecule has 0 bridgehead atoms. The molecule has 98 valence electrons. The summed E-state index contributed by atoms with van der Waals surface area (Å²) < 4.78 is 0. The molecule has 0 saturated carbocycles. The molecule has 1 N–H and O–H groups in total. The van der Waals surface area contributed by atoms with Crippen LogP contribution in [0.15, 0.2) is 0 Å². The van der Waals surface area contributed by atoms with Crippen LogP contribution in [0.4, 0.5) is 0 Å². The molecule has 1 aliphatic rings. The Bertz CT molecular complexity index is 275. The standard InChI is InChI=1S/C12H23N3O2/c1-4-5-10(2)14(3)11(16)12(17)15-8-6-13-7-9-15/h10,13H,4-9H2,1-3H3. The first-order valence-electron chi connectivity index (χ1n) is 6.34. The molecule has 2 amide bonds. The molecule has 0 spiro atoms. The van der Waals surface area contributed by atoms with E-state index >= 15 is 0 Å². The van der Waals surface area contributed by atoms with Crippen LogP contribution in [0.2, 0.25) is 0 Å². The molecule has 0 aliphatic carbocycles. The monoisotopic (exact) mass is 241 g/mol. The van der Waals surface area contributed by atoms with Crippen molar-refractivity contribution < 1.29 is 9.59 Å². The van der Waals surface area contributed by atoms with Gasteiger partial charge in [0.2, 0.25) is 0 Å². The van der Waals surface area contributed by atoms with Gasteiger partial charge in [-0.1, -0.05) is 13.3 Å². The highest BCUT2D eigenvalue weighted by Gasteiger charge is 2.27. The molecule has 0 aromatic carbocycles. The minimum atomic E-state index is -0.382. The van der Waals surface area contributed by atoms with Gasteiger partial charge in [0.15, 0.2) is 0 Å². The van der Waals surface area contributed by atoms with E-state index in [4.69, 9.17) is 0 Å². The molecule has 0 aromatic rings. The lowest BCUT2D eigenvalue weighted by atomic mass is 10.1. The first kappa shape index (κ1) is 14.0. The number of carbonyl (C=O) groups is 2. The first-order valence-corrected chi connectivity index (χ1v) is 6.34. The van der Waals surface area contributed by atoms with E-state index in [0.717, 1.165) is 25.9 Å². The summed E-state index contributed by atoms with van der Waals surface area (Å²) in [6.45, 7) is 6.85. The Hall–Kier alpha value is -1.10. The van der Waals surface area contributed by atoms with E-state index in [2.05, 4.69) is 12.2 Å². The van der Waals surface area contributed by atoms with Gasteiger partial charge in [0.05, 0.1) is 0 Å². The van der Waals surface area contributed by atoms with Crippen molar-refractivity contribution in [1.29, 1.82) is 0 Å². The number of rotatable bonds is 3. The van der Waals surface area contributed by atoms with Crippen LogP contribution in [-0.4, -0.2) is 60.9 Å². The molecule has 0 radical (unpaired) electrons. The van der Waals surface area contributed by atoms with Crippen LogP contribution in [0.3, 0.4) is 0 Å². The van der Waals surface area contributed by atoms with Gasteiger partial charge < -0.3 is 15.1 Å². The van der Waals surface area contributed by atoms with Crippen molar-refractivity contribution in [2.45, 2.75) is 32.7 Å². The minimum Gasteiger partial charge on any atom is -0.335 e. The predicted molar refractivity (Wildman–Crippen MR) is 66.6 cm³/mol. The van der Waals surface area contributed by atoms with Crippen molar-refractivity contribution in [3.8, 4) is 0 Å². The van der Waals surface area contributed by atoms with E-state index in [-0.39, 0.29) is 17.9 Å². The Labute approximate surface area is 103 Å². The lowest BCUT2D eigenvalue weighted by Gasteiger charge is -2.30. The number of hydrogen-bond acceptors (Lipinski definition) is 3. The molecule has 0 aromatic heterocycles. The third-order valence-electron chi connectivity index (χ3n) is 3.28. The SMILES string of the molecule is CCCC(C)N(C)C(=O)C(=O)N1CCNCC1. The number of piperazine rings is 1. The van der Waals surface area contributed by atoms with Crippen molar-refractivity contribution in [2.24, 2.45) is 0 Å². The normalized spacial score (nSPS) is 17.7. The molecule has 1 saturated heterocycles. The zero-order chi connectivity index (χ0) is 12.8. The van der Waals surface area contributed by atoms with Crippen molar-refractivity contribution in [2.75, 3.05) is 33.2 Å². The smallest absolute Gasteiger partial charge is 0.312 e. The zero-order valence-electron chi connectivity index (χ0n) is 11.0. The summed E-state index contributed by atoms with van der Waals surface area (Å²) in [5.41, 5.74) is 0. The molecular formula is C12H23N3O2. The fourth-order valence-corrected chi connectivity index (χ4v) is 1.97. The quantitative estimate of drug-likeness (QED) is 0.711. The van der Waals surface area contributed by atoms with Gasteiger partial charge in [-0.25, -0.2) is 0 Å². The topological polar surface area (TPSA) is 52.7 Å². The van der Waals surface area contributed by atoms with E-state index in [9.17, 15) is 9.59 Å². The highest BCUT2D eigenvalue weighted by atomic mass is 16.2. The third kappa shape index (κ3) is 3.70. The fourth-order valence-electron chi connectivity index (χ4n) is 1.97. The van der Waals surface area contributed by atoms with Gasteiger partial charge in [0.25, 0.3) is 0 Å². The molecule has 5 nitrogen and oxygen atoms in total. The summed E-state index contributed by atoms with van der Waals surface area (Å²) in [4.78, 5) is 27.1. The van der Waals surface area contributed by atoms with Gasteiger partial charge >= 0.3 is 11.8 Å². The van der Waals surface area contributed by atoms with E-state index < -0.39 is 0 Å². The summed E-state index contributed by atoms with van der Waals surface area (Å²) in [6, 6.07) is 0.124. The van der Waals surface area contributed by atoms with Crippen LogP contribution >= 0.6 is 0 Å². The van der Waals surface area contributed by atoms with Crippen LogP contribution in [0.5, 0.6) is 0 Å². The Morgan fingerprint density at radius 3 is 2.47 bits per heavy atom. The van der Waals surface area contributed by atoms with Gasteiger partial charge in [-0.3, -0.25) is 9.59 Å². The van der Waals surface area contributed by atoms with E-state index in [1.54, 1.807) is 16.8 Å². The largest absolute Gasteiger partial charge is 0.335 e. The molecular weight excluding hydrogens is 218 g/mol. The van der Waals surface area contributed by atoms with E-state index in [1.807, 2.05) is 6.92 Å². The Kier molecular flexibility index (Phi) is 5.41. The molecule has 1 atom stereocenters. The van der Waals surface area contributed by atoms with E-state index in [1.165, 1.54) is 0 Å². The Morgan fingerprint density at radius 2 is 1.94 bits per heavy atom. The zero-order valence-corrected chi connectivity index (χ0v) is 11.0. The summed E-state index contributed by atoms with van der Waals surface area (Å²) in [7, 11) is 1.71. The summed E-state index contributed by atoms with van der Waals surface area (Å²) in [5, 5.41) is 3.16. The average molecular weight is 241 g/mol. The number of amides is 2. The molecule has 1 heterocycles. The molecule has 17 heavy (non-hydrogen) atoms. The van der Waals surface area contributed by atoms with Gasteiger partial charge in [0.1, 0.15) is 0 Å². The van der Waals surface area contributed by atoms with Crippen LogP contribution in [0.1, 0.15) is 26.7 Å². The summed E-state index contributed by atoms with van der Waals surface area (Å²) in [5.74, 6) is -0.746. The number of hydrogen-bond donors (Lipinski definition) is 1. The van der Waals surface area contributed by atoms with Crippen LogP contribution in [0.25, 0.3) is 0 Å². The van der Waals surface area contributed by atoms with Crippen LogP contribution < -0.4 is 5.32 Å². The lowest BCUT2D eigenvalue weighted by molar-refractivity contribution is -0.152. The maximum atomic E-state index is 12.0. The maximum absolute atomic E-state index is 12.0. The van der Waals surface area contributed by atoms with Crippen molar-refractivity contribution in [3.05, 3.63) is 0 Å². The molecule has 1 unspecified atom stereocenters. The molecule has 1 aliphatic heterocycles. The third-order valence-corrected chi connectivity index (χ3v) is 3.28. The fraction of sp³-hybridized carbons (Fsp3) is 0.833. The van der Waals surface area contributed by atoms with Crippen LogP contribution in [0, 0.1) is 0 Å². The minimum absolute atomic E-state index is 0.124. The van der Waals surface area contributed by atoms with Crippen LogP contribution in [-0.2, 0) is 9.59 Å². The van der Waals surface area contributed by atoms with Crippen molar-refractivity contribution >= 4 is 11.8 Å². The second-order valence-electron chi connectivity index (χ2n) is 4.60. The summed E-state index contributed by atoms with van der Waals surface area (Å²) in [6.07, 6.45) is 1.94. The highest BCUT2D eigenvalue weighted by molar-refractivity contribution is 6.34. The number of carbonyl (C=O) groups excluding carboxylic acids is 2.